The first kappa shape index (κ1) is 13.1. The fourth-order valence-electron chi connectivity index (χ4n) is 2.33. The molecule has 0 bridgehead atoms. The van der Waals surface area contributed by atoms with E-state index in [1.807, 2.05) is 24.3 Å². The summed E-state index contributed by atoms with van der Waals surface area (Å²) in [6.45, 7) is 3.04. The second-order valence-electron chi connectivity index (χ2n) is 5.08. The van der Waals surface area contributed by atoms with Crippen LogP contribution in [0, 0.1) is 11.3 Å². The molecule has 1 aliphatic carbocycles. The molecule has 0 radical (unpaired) electrons. The van der Waals surface area contributed by atoms with Gasteiger partial charge < -0.3 is 10.1 Å². The van der Waals surface area contributed by atoms with Crippen LogP contribution in [0.5, 0.6) is 0 Å². The Morgan fingerprint density at radius 1 is 1.39 bits per heavy atom. The molecule has 1 fully saturated rings. The van der Waals surface area contributed by atoms with Crippen molar-refractivity contribution in [1.29, 1.82) is 5.26 Å². The van der Waals surface area contributed by atoms with Gasteiger partial charge in [-0.05, 0) is 43.9 Å². The SMILES string of the molecule is COC1(CNC(C)c2ccc(C#N)cc2)CCC1. The third-order valence-corrected chi connectivity index (χ3v) is 3.97. The predicted octanol–water partition coefficient (Wildman–Crippen LogP) is 2.78. The highest BCUT2D eigenvalue weighted by atomic mass is 16.5. The van der Waals surface area contributed by atoms with Crippen molar-refractivity contribution in [3.05, 3.63) is 35.4 Å². The summed E-state index contributed by atoms with van der Waals surface area (Å²) in [5.41, 5.74) is 1.97. The van der Waals surface area contributed by atoms with Gasteiger partial charge in [-0.25, -0.2) is 0 Å². The van der Waals surface area contributed by atoms with Gasteiger partial charge in [0.15, 0.2) is 0 Å². The lowest BCUT2D eigenvalue weighted by molar-refractivity contribution is -0.0706. The van der Waals surface area contributed by atoms with Gasteiger partial charge in [0.05, 0.1) is 17.2 Å². The van der Waals surface area contributed by atoms with E-state index in [0.717, 1.165) is 19.4 Å². The second-order valence-corrected chi connectivity index (χ2v) is 5.08. The minimum Gasteiger partial charge on any atom is -0.377 e. The molecule has 1 N–H and O–H groups in total. The van der Waals surface area contributed by atoms with E-state index in [1.54, 1.807) is 7.11 Å². The van der Waals surface area contributed by atoms with Crippen molar-refractivity contribution in [3.8, 4) is 6.07 Å². The zero-order valence-electron chi connectivity index (χ0n) is 11.1. The summed E-state index contributed by atoms with van der Waals surface area (Å²) >= 11 is 0. The Morgan fingerprint density at radius 3 is 2.50 bits per heavy atom. The van der Waals surface area contributed by atoms with Gasteiger partial charge in [0.2, 0.25) is 0 Å². The fourth-order valence-corrected chi connectivity index (χ4v) is 2.33. The molecule has 1 unspecified atom stereocenters. The summed E-state index contributed by atoms with van der Waals surface area (Å²) in [7, 11) is 1.80. The first-order valence-corrected chi connectivity index (χ1v) is 6.48. The molecule has 3 nitrogen and oxygen atoms in total. The topological polar surface area (TPSA) is 45.0 Å². The van der Waals surface area contributed by atoms with Crippen LogP contribution in [0.15, 0.2) is 24.3 Å². The normalized spacial score (nSPS) is 18.7. The first-order valence-electron chi connectivity index (χ1n) is 6.48. The minimum absolute atomic E-state index is 0.0564. The zero-order chi connectivity index (χ0) is 13.0. The highest BCUT2D eigenvalue weighted by molar-refractivity contribution is 5.32. The number of benzene rings is 1. The molecule has 1 aliphatic rings. The van der Waals surface area contributed by atoms with Gasteiger partial charge in [-0.3, -0.25) is 0 Å². The number of methoxy groups -OCH3 is 1. The minimum atomic E-state index is 0.0564. The number of rotatable bonds is 5. The average molecular weight is 244 g/mol. The number of hydrogen-bond donors (Lipinski definition) is 1. The van der Waals surface area contributed by atoms with E-state index < -0.39 is 0 Å². The predicted molar refractivity (Wildman–Crippen MR) is 71.2 cm³/mol. The Hall–Kier alpha value is -1.37. The summed E-state index contributed by atoms with van der Waals surface area (Å²) in [5, 5.41) is 12.3. The largest absolute Gasteiger partial charge is 0.377 e. The van der Waals surface area contributed by atoms with E-state index in [1.165, 1.54) is 12.0 Å². The molecule has 0 aromatic heterocycles. The molecule has 1 aromatic carbocycles. The van der Waals surface area contributed by atoms with Gasteiger partial charge in [0.25, 0.3) is 0 Å². The van der Waals surface area contributed by atoms with E-state index in [4.69, 9.17) is 10.00 Å². The van der Waals surface area contributed by atoms with Crippen LogP contribution in [0.25, 0.3) is 0 Å². The van der Waals surface area contributed by atoms with Crippen LogP contribution in [0.2, 0.25) is 0 Å². The average Bonchev–Trinajstić information content (AvgIpc) is 2.38. The van der Waals surface area contributed by atoms with Crippen LogP contribution in [-0.4, -0.2) is 19.3 Å². The molecule has 0 aliphatic heterocycles. The molecule has 2 rings (SSSR count). The summed E-state index contributed by atoms with van der Waals surface area (Å²) < 4.78 is 5.59. The van der Waals surface area contributed by atoms with Crippen molar-refractivity contribution in [3.63, 3.8) is 0 Å². The Kier molecular flexibility index (Phi) is 4.00. The molecule has 3 heteroatoms. The Labute approximate surface area is 109 Å². The van der Waals surface area contributed by atoms with E-state index in [2.05, 4.69) is 18.3 Å². The third kappa shape index (κ3) is 2.72. The van der Waals surface area contributed by atoms with Crippen molar-refractivity contribution in [2.45, 2.75) is 37.8 Å². The van der Waals surface area contributed by atoms with Gasteiger partial charge >= 0.3 is 0 Å². The summed E-state index contributed by atoms with van der Waals surface area (Å²) in [6.07, 6.45) is 3.56. The fraction of sp³-hybridized carbons (Fsp3) is 0.533. The molecule has 0 spiro atoms. The maximum absolute atomic E-state index is 8.77. The molecule has 1 aromatic rings. The Bertz CT molecular complexity index is 423. The number of hydrogen-bond acceptors (Lipinski definition) is 3. The smallest absolute Gasteiger partial charge is 0.0991 e. The van der Waals surface area contributed by atoms with Crippen molar-refractivity contribution in [2.24, 2.45) is 0 Å². The summed E-state index contributed by atoms with van der Waals surface area (Å²) in [5.74, 6) is 0. The quantitative estimate of drug-likeness (QED) is 0.866. The first-order chi connectivity index (χ1) is 8.69. The highest BCUT2D eigenvalue weighted by Gasteiger charge is 2.36. The second kappa shape index (κ2) is 5.51. The molecule has 1 atom stereocenters. The van der Waals surface area contributed by atoms with Crippen molar-refractivity contribution < 1.29 is 4.74 Å². The lowest BCUT2D eigenvalue weighted by Gasteiger charge is -2.41. The van der Waals surface area contributed by atoms with Crippen LogP contribution < -0.4 is 5.32 Å². The summed E-state index contributed by atoms with van der Waals surface area (Å²) in [6, 6.07) is 10.2. The number of nitrogens with zero attached hydrogens (tertiary/aromatic N) is 1. The molecule has 0 heterocycles. The highest BCUT2D eigenvalue weighted by Crippen LogP contribution is 2.34. The van der Waals surface area contributed by atoms with Crippen molar-refractivity contribution in [2.75, 3.05) is 13.7 Å². The van der Waals surface area contributed by atoms with Crippen LogP contribution in [-0.2, 0) is 4.74 Å². The van der Waals surface area contributed by atoms with Crippen LogP contribution >= 0.6 is 0 Å². The molecular weight excluding hydrogens is 224 g/mol. The van der Waals surface area contributed by atoms with Gasteiger partial charge in [0, 0.05) is 19.7 Å². The Morgan fingerprint density at radius 2 is 2.06 bits per heavy atom. The van der Waals surface area contributed by atoms with Gasteiger partial charge in [-0.15, -0.1) is 0 Å². The zero-order valence-corrected chi connectivity index (χ0v) is 11.1. The lowest BCUT2D eigenvalue weighted by atomic mass is 9.80. The molecule has 0 saturated heterocycles. The molecule has 0 amide bonds. The number of nitriles is 1. The van der Waals surface area contributed by atoms with Gasteiger partial charge in [-0.1, -0.05) is 12.1 Å². The van der Waals surface area contributed by atoms with Crippen LogP contribution in [0.1, 0.15) is 43.4 Å². The van der Waals surface area contributed by atoms with E-state index in [0.29, 0.717) is 5.56 Å². The molecule has 96 valence electrons. The van der Waals surface area contributed by atoms with Crippen LogP contribution in [0.4, 0.5) is 0 Å². The maximum atomic E-state index is 8.77. The molecule has 18 heavy (non-hydrogen) atoms. The van der Waals surface area contributed by atoms with Crippen molar-refractivity contribution >= 4 is 0 Å². The third-order valence-electron chi connectivity index (χ3n) is 3.97. The number of ether oxygens (including phenoxy) is 1. The van der Waals surface area contributed by atoms with E-state index >= 15 is 0 Å². The van der Waals surface area contributed by atoms with Gasteiger partial charge in [-0.2, -0.15) is 5.26 Å². The maximum Gasteiger partial charge on any atom is 0.0991 e. The van der Waals surface area contributed by atoms with Crippen LogP contribution in [0.3, 0.4) is 0 Å². The molecular formula is C15H20N2O. The Balaban J connectivity index is 1.91. The number of nitrogens with one attached hydrogen (secondary N) is 1. The van der Waals surface area contributed by atoms with E-state index in [-0.39, 0.29) is 11.6 Å². The monoisotopic (exact) mass is 244 g/mol. The standard InChI is InChI=1S/C15H20N2O/c1-12(14-6-4-13(10-16)5-7-14)17-11-15(18-2)8-3-9-15/h4-7,12,17H,3,8-9,11H2,1-2H3. The van der Waals surface area contributed by atoms with E-state index in [9.17, 15) is 0 Å². The van der Waals surface area contributed by atoms with Gasteiger partial charge in [0.1, 0.15) is 0 Å². The lowest BCUT2D eigenvalue weighted by Crippen LogP contribution is -2.48. The van der Waals surface area contributed by atoms with Crippen molar-refractivity contribution in [1.82, 2.24) is 5.32 Å². The summed E-state index contributed by atoms with van der Waals surface area (Å²) in [4.78, 5) is 0. The molecule has 1 saturated carbocycles.